The van der Waals surface area contributed by atoms with E-state index in [0.29, 0.717) is 6.54 Å². The van der Waals surface area contributed by atoms with Crippen LogP contribution in [0.1, 0.15) is 5.56 Å². The molecule has 1 amide bonds. The fourth-order valence-electron chi connectivity index (χ4n) is 1.88. The summed E-state index contributed by atoms with van der Waals surface area (Å²) >= 11 is 0. The SMILES string of the molecule is CN(CC=Cc1ccccc1)C(=O)C1C=CCN1. The van der Waals surface area contributed by atoms with Crippen LogP contribution in [0.5, 0.6) is 0 Å². The molecule has 0 saturated carbocycles. The van der Waals surface area contributed by atoms with Crippen molar-refractivity contribution < 1.29 is 4.79 Å². The van der Waals surface area contributed by atoms with Crippen LogP contribution in [-0.2, 0) is 4.79 Å². The van der Waals surface area contributed by atoms with Gasteiger partial charge in [0.15, 0.2) is 0 Å². The van der Waals surface area contributed by atoms with E-state index in [-0.39, 0.29) is 11.9 Å². The third-order valence-electron chi connectivity index (χ3n) is 2.92. The molecule has 18 heavy (non-hydrogen) atoms. The highest BCUT2D eigenvalue weighted by molar-refractivity contribution is 5.84. The highest BCUT2D eigenvalue weighted by Gasteiger charge is 2.20. The van der Waals surface area contributed by atoms with Gasteiger partial charge in [0, 0.05) is 20.1 Å². The molecule has 1 N–H and O–H groups in total. The number of amides is 1. The molecule has 0 radical (unpaired) electrons. The van der Waals surface area contributed by atoms with Gasteiger partial charge in [0.1, 0.15) is 6.04 Å². The standard InChI is InChI=1S/C15H18N2O/c1-17(15(18)14-10-5-11-16-14)12-6-9-13-7-3-2-4-8-13/h2-10,14,16H,11-12H2,1H3. The smallest absolute Gasteiger partial charge is 0.243 e. The average Bonchev–Trinajstić information content (AvgIpc) is 2.93. The molecule has 0 fully saturated rings. The molecule has 3 nitrogen and oxygen atoms in total. The van der Waals surface area contributed by atoms with Crippen LogP contribution >= 0.6 is 0 Å². The maximum absolute atomic E-state index is 12.0. The Morgan fingerprint density at radius 2 is 2.22 bits per heavy atom. The van der Waals surface area contributed by atoms with Crippen LogP contribution in [0.4, 0.5) is 0 Å². The van der Waals surface area contributed by atoms with Gasteiger partial charge < -0.3 is 4.90 Å². The van der Waals surface area contributed by atoms with Crippen molar-refractivity contribution in [1.82, 2.24) is 10.2 Å². The van der Waals surface area contributed by atoms with E-state index in [1.165, 1.54) is 0 Å². The van der Waals surface area contributed by atoms with Crippen molar-refractivity contribution in [3.63, 3.8) is 0 Å². The Balaban J connectivity index is 1.84. The largest absolute Gasteiger partial charge is 0.340 e. The first-order valence-corrected chi connectivity index (χ1v) is 6.14. The lowest BCUT2D eigenvalue weighted by molar-refractivity contribution is -0.130. The van der Waals surface area contributed by atoms with Crippen molar-refractivity contribution in [2.75, 3.05) is 20.1 Å². The van der Waals surface area contributed by atoms with Crippen LogP contribution in [0.3, 0.4) is 0 Å². The van der Waals surface area contributed by atoms with Crippen LogP contribution in [0.2, 0.25) is 0 Å². The predicted octanol–water partition coefficient (Wildman–Crippen LogP) is 1.69. The summed E-state index contributed by atoms with van der Waals surface area (Å²) in [5, 5.41) is 3.12. The Kier molecular flexibility index (Phi) is 4.31. The first kappa shape index (κ1) is 12.6. The maximum atomic E-state index is 12.0. The summed E-state index contributed by atoms with van der Waals surface area (Å²) in [7, 11) is 1.82. The van der Waals surface area contributed by atoms with Crippen LogP contribution < -0.4 is 5.32 Å². The summed E-state index contributed by atoms with van der Waals surface area (Å²) in [5.74, 6) is 0.112. The number of hydrogen-bond acceptors (Lipinski definition) is 2. The van der Waals surface area contributed by atoms with Crippen molar-refractivity contribution >= 4 is 12.0 Å². The van der Waals surface area contributed by atoms with E-state index in [4.69, 9.17) is 0 Å². The molecule has 0 aliphatic carbocycles. The van der Waals surface area contributed by atoms with E-state index < -0.39 is 0 Å². The minimum atomic E-state index is -0.153. The Hall–Kier alpha value is -1.87. The number of nitrogens with one attached hydrogen (secondary N) is 1. The third-order valence-corrected chi connectivity index (χ3v) is 2.92. The molecule has 1 heterocycles. The van der Waals surface area contributed by atoms with E-state index >= 15 is 0 Å². The van der Waals surface area contributed by atoms with Crippen LogP contribution in [0.25, 0.3) is 6.08 Å². The number of benzene rings is 1. The van der Waals surface area contributed by atoms with Gasteiger partial charge in [0.25, 0.3) is 0 Å². The summed E-state index contributed by atoms with van der Waals surface area (Å²) in [6.07, 6.45) is 7.93. The molecule has 1 aliphatic rings. The van der Waals surface area contributed by atoms with E-state index in [2.05, 4.69) is 5.32 Å². The number of carbonyl (C=O) groups is 1. The molecule has 2 rings (SSSR count). The zero-order chi connectivity index (χ0) is 12.8. The number of rotatable bonds is 4. The van der Waals surface area contributed by atoms with Crippen molar-refractivity contribution in [3.05, 3.63) is 54.1 Å². The van der Waals surface area contributed by atoms with Crippen molar-refractivity contribution in [2.24, 2.45) is 0 Å². The van der Waals surface area contributed by atoms with Gasteiger partial charge >= 0.3 is 0 Å². The number of carbonyl (C=O) groups excluding carboxylic acids is 1. The molecular weight excluding hydrogens is 224 g/mol. The lowest BCUT2D eigenvalue weighted by Crippen LogP contribution is -2.41. The van der Waals surface area contributed by atoms with Crippen molar-refractivity contribution in [2.45, 2.75) is 6.04 Å². The van der Waals surface area contributed by atoms with Gasteiger partial charge in [0.2, 0.25) is 5.91 Å². The Bertz CT molecular complexity index is 451. The molecule has 3 heteroatoms. The molecule has 94 valence electrons. The molecule has 1 atom stereocenters. The van der Waals surface area contributed by atoms with Gasteiger partial charge in [-0.15, -0.1) is 0 Å². The van der Waals surface area contributed by atoms with E-state index in [0.717, 1.165) is 12.1 Å². The molecule has 1 unspecified atom stereocenters. The fourth-order valence-corrected chi connectivity index (χ4v) is 1.88. The first-order valence-electron chi connectivity index (χ1n) is 6.14. The number of hydrogen-bond donors (Lipinski definition) is 1. The topological polar surface area (TPSA) is 32.3 Å². The van der Waals surface area contributed by atoms with Crippen molar-refractivity contribution in [3.8, 4) is 0 Å². The Morgan fingerprint density at radius 1 is 1.44 bits per heavy atom. The highest BCUT2D eigenvalue weighted by atomic mass is 16.2. The van der Waals surface area contributed by atoms with Crippen LogP contribution in [-0.4, -0.2) is 37.0 Å². The van der Waals surface area contributed by atoms with E-state index in [1.807, 2.05) is 61.7 Å². The quantitative estimate of drug-likeness (QED) is 0.815. The third kappa shape index (κ3) is 3.31. The Labute approximate surface area is 108 Å². The molecule has 0 spiro atoms. The zero-order valence-electron chi connectivity index (χ0n) is 10.5. The zero-order valence-corrected chi connectivity index (χ0v) is 10.5. The fraction of sp³-hybridized carbons (Fsp3) is 0.267. The number of likely N-dealkylation sites (N-methyl/N-ethyl adjacent to an activating group) is 1. The molecule has 1 aromatic rings. The van der Waals surface area contributed by atoms with Gasteiger partial charge in [-0.1, -0.05) is 54.6 Å². The van der Waals surface area contributed by atoms with Crippen LogP contribution in [0, 0.1) is 0 Å². The van der Waals surface area contributed by atoms with Gasteiger partial charge in [-0.25, -0.2) is 0 Å². The molecule has 1 aliphatic heterocycles. The first-order chi connectivity index (χ1) is 8.77. The van der Waals surface area contributed by atoms with E-state index in [9.17, 15) is 4.79 Å². The van der Waals surface area contributed by atoms with Gasteiger partial charge in [-0.2, -0.15) is 0 Å². The van der Waals surface area contributed by atoms with Crippen molar-refractivity contribution in [1.29, 1.82) is 0 Å². The minimum absolute atomic E-state index is 0.112. The van der Waals surface area contributed by atoms with Crippen LogP contribution in [0.15, 0.2) is 48.6 Å². The van der Waals surface area contributed by atoms with Gasteiger partial charge in [-0.3, -0.25) is 10.1 Å². The molecule has 0 bridgehead atoms. The summed E-state index contributed by atoms with van der Waals surface area (Å²) in [4.78, 5) is 13.7. The molecule has 0 aromatic heterocycles. The van der Waals surface area contributed by atoms with Gasteiger partial charge in [0.05, 0.1) is 0 Å². The number of nitrogens with zero attached hydrogens (tertiary/aromatic N) is 1. The maximum Gasteiger partial charge on any atom is 0.243 e. The Morgan fingerprint density at radius 3 is 2.89 bits per heavy atom. The summed E-state index contributed by atoms with van der Waals surface area (Å²) in [6.45, 7) is 1.41. The highest BCUT2D eigenvalue weighted by Crippen LogP contribution is 2.03. The lowest BCUT2D eigenvalue weighted by Gasteiger charge is -2.18. The molecule has 1 aromatic carbocycles. The molecule has 0 saturated heterocycles. The molecular formula is C15H18N2O. The second kappa shape index (κ2) is 6.17. The predicted molar refractivity (Wildman–Crippen MR) is 74.0 cm³/mol. The second-order valence-corrected chi connectivity index (χ2v) is 4.35. The lowest BCUT2D eigenvalue weighted by atomic mass is 10.2. The average molecular weight is 242 g/mol. The minimum Gasteiger partial charge on any atom is -0.340 e. The monoisotopic (exact) mass is 242 g/mol. The second-order valence-electron chi connectivity index (χ2n) is 4.35. The summed E-state index contributed by atoms with van der Waals surface area (Å²) < 4.78 is 0. The van der Waals surface area contributed by atoms with Gasteiger partial charge in [-0.05, 0) is 5.56 Å². The van der Waals surface area contributed by atoms with E-state index in [1.54, 1.807) is 4.90 Å². The summed E-state index contributed by atoms with van der Waals surface area (Å²) in [5.41, 5.74) is 1.15. The normalized spacial score (nSPS) is 18.4. The summed E-state index contributed by atoms with van der Waals surface area (Å²) in [6, 6.07) is 9.92.